The first-order valence-electron chi connectivity index (χ1n) is 7.84. The Bertz CT molecular complexity index is 987. The van der Waals surface area contributed by atoms with E-state index in [1.807, 2.05) is 13.1 Å². The summed E-state index contributed by atoms with van der Waals surface area (Å²) in [5, 5.41) is 11.3. The highest BCUT2D eigenvalue weighted by Crippen LogP contribution is 2.24. The van der Waals surface area contributed by atoms with Crippen LogP contribution >= 0.6 is 12.2 Å². The lowest BCUT2D eigenvalue weighted by atomic mass is 10.1. The Balaban J connectivity index is 2.07. The molecule has 1 aromatic carbocycles. The SMILES string of the molecule is Cc1cccc(-n2c(C)cc(/C=N\n3c(C)n[nH]c3=S)c2C)c1C. The highest BCUT2D eigenvalue weighted by Gasteiger charge is 2.12. The van der Waals surface area contributed by atoms with Crippen molar-refractivity contribution in [3.8, 4) is 5.69 Å². The zero-order valence-corrected chi connectivity index (χ0v) is 15.4. The summed E-state index contributed by atoms with van der Waals surface area (Å²) >= 11 is 5.19. The van der Waals surface area contributed by atoms with Crippen LogP contribution in [0.15, 0.2) is 29.4 Å². The number of benzene rings is 1. The van der Waals surface area contributed by atoms with E-state index in [4.69, 9.17) is 12.2 Å². The molecular weight excluding hydrogens is 318 g/mol. The van der Waals surface area contributed by atoms with Gasteiger partial charge in [-0.15, -0.1) is 0 Å². The Morgan fingerprint density at radius 2 is 1.92 bits per heavy atom. The molecule has 24 heavy (non-hydrogen) atoms. The fourth-order valence-electron chi connectivity index (χ4n) is 2.89. The predicted octanol–water partition coefficient (Wildman–Crippen LogP) is 4.16. The van der Waals surface area contributed by atoms with Gasteiger partial charge in [-0.05, 0) is 70.1 Å². The molecule has 2 heterocycles. The van der Waals surface area contributed by atoms with Gasteiger partial charge in [0.15, 0.2) is 0 Å². The van der Waals surface area contributed by atoms with Crippen LogP contribution in [0, 0.1) is 39.4 Å². The van der Waals surface area contributed by atoms with Gasteiger partial charge in [-0.25, -0.2) is 0 Å². The van der Waals surface area contributed by atoms with Crippen LogP contribution in [0.1, 0.15) is 33.9 Å². The molecule has 0 saturated heterocycles. The van der Waals surface area contributed by atoms with Crippen molar-refractivity contribution < 1.29 is 0 Å². The average Bonchev–Trinajstić information content (AvgIpc) is 3.00. The smallest absolute Gasteiger partial charge is 0.216 e. The molecule has 0 spiro atoms. The van der Waals surface area contributed by atoms with Crippen molar-refractivity contribution in [2.45, 2.75) is 34.6 Å². The van der Waals surface area contributed by atoms with E-state index in [1.54, 1.807) is 4.68 Å². The van der Waals surface area contributed by atoms with E-state index in [0.717, 1.165) is 17.1 Å². The number of nitrogens with zero attached hydrogens (tertiary/aromatic N) is 4. The molecule has 0 fully saturated rings. The molecule has 0 bridgehead atoms. The monoisotopic (exact) mass is 339 g/mol. The Morgan fingerprint density at radius 1 is 1.17 bits per heavy atom. The minimum Gasteiger partial charge on any atom is -0.318 e. The van der Waals surface area contributed by atoms with Gasteiger partial charge in [0.1, 0.15) is 5.82 Å². The fourth-order valence-corrected chi connectivity index (χ4v) is 3.12. The molecule has 0 unspecified atom stereocenters. The van der Waals surface area contributed by atoms with Gasteiger partial charge in [-0.2, -0.15) is 14.9 Å². The maximum absolute atomic E-state index is 5.19. The first-order chi connectivity index (χ1) is 11.4. The summed E-state index contributed by atoms with van der Waals surface area (Å²) in [6, 6.07) is 8.52. The van der Waals surface area contributed by atoms with Gasteiger partial charge in [-0.3, -0.25) is 5.10 Å². The van der Waals surface area contributed by atoms with Gasteiger partial charge in [0, 0.05) is 22.6 Å². The van der Waals surface area contributed by atoms with E-state index >= 15 is 0 Å². The fraction of sp³-hybridized carbons (Fsp3) is 0.278. The number of H-pyrrole nitrogens is 1. The highest BCUT2D eigenvalue weighted by atomic mass is 32.1. The Morgan fingerprint density at radius 3 is 2.58 bits per heavy atom. The molecule has 6 heteroatoms. The van der Waals surface area contributed by atoms with Gasteiger partial charge >= 0.3 is 0 Å². The summed E-state index contributed by atoms with van der Waals surface area (Å²) in [5.41, 5.74) is 7.18. The molecule has 0 atom stereocenters. The van der Waals surface area contributed by atoms with E-state index in [1.165, 1.54) is 22.5 Å². The quantitative estimate of drug-likeness (QED) is 0.575. The first kappa shape index (κ1) is 16.4. The summed E-state index contributed by atoms with van der Waals surface area (Å²) in [7, 11) is 0. The number of aromatic nitrogens is 4. The number of nitrogens with one attached hydrogen (secondary N) is 1. The average molecular weight is 339 g/mol. The molecular formula is C18H21N5S. The molecule has 0 amide bonds. The second-order valence-corrected chi connectivity index (χ2v) is 6.40. The lowest BCUT2D eigenvalue weighted by molar-refractivity contribution is 0.820. The predicted molar refractivity (Wildman–Crippen MR) is 99.9 cm³/mol. The summed E-state index contributed by atoms with van der Waals surface area (Å²) in [6.45, 7) is 10.4. The van der Waals surface area contributed by atoms with Gasteiger partial charge in [0.2, 0.25) is 4.77 Å². The Kier molecular flexibility index (Phi) is 4.24. The maximum Gasteiger partial charge on any atom is 0.216 e. The third-order valence-corrected chi connectivity index (χ3v) is 4.68. The van der Waals surface area contributed by atoms with Gasteiger partial charge < -0.3 is 4.57 Å². The zero-order chi connectivity index (χ0) is 17.4. The van der Waals surface area contributed by atoms with Crippen molar-refractivity contribution in [1.29, 1.82) is 0 Å². The third kappa shape index (κ3) is 2.73. The van der Waals surface area contributed by atoms with Gasteiger partial charge in [-0.1, -0.05) is 12.1 Å². The molecule has 2 aromatic heterocycles. The van der Waals surface area contributed by atoms with Crippen LogP contribution in [0.25, 0.3) is 5.69 Å². The molecule has 3 aromatic rings. The van der Waals surface area contributed by atoms with Gasteiger partial charge in [0.05, 0.1) is 6.21 Å². The van der Waals surface area contributed by atoms with Crippen molar-refractivity contribution in [3.63, 3.8) is 0 Å². The number of hydrogen-bond acceptors (Lipinski definition) is 3. The van der Waals surface area contributed by atoms with Crippen molar-refractivity contribution in [2.75, 3.05) is 0 Å². The van der Waals surface area contributed by atoms with Crippen molar-refractivity contribution in [2.24, 2.45) is 5.10 Å². The third-order valence-electron chi connectivity index (χ3n) is 4.41. The van der Waals surface area contributed by atoms with E-state index in [0.29, 0.717) is 4.77 Å². The van der Waals surface area contributed by atoms with Crippen LogP contribution in [0.4, 0.5) is 0 Å². The second kappa shape index (κ2) is 6.20. The minimum atomic E-state index is 0.493. The molecule has 0 aliphatic carbocycles. The second-order valence-electron chi connectivity index (χ2n) is 6.01. The molecule has 3 rings (SSSR count). The lowest BCUT2D eigenvalue weighted by Gasteiger charge is -2.14. The normalized spacial score (nSPS) is 11.5. The summed E-state index contributed by atoms with van der Waals surface area (Å²) in [4.78, 5) is 0. The standard InChI is InChI=1S/C18H21N5S/c1-11-7-6-8-17(13(11)3)22-12(2)9-16(14(22)4)10-19-23-15(5)20-21-18(23)24/h6-10H,1-5H3,(H,21,24)/b19-10-. The van der Waals surface area contributed by atoms with Crippen molar-refractivity contribution in [1.82, 2.24) is 19.4 Å². The Hall–Kier alpha value is -2.47. The molecule has 124 valence electrons. The van der Waals surface area contributed by atoms with Crippen LogP contribution in [-0.4, -0.2) is 25.7 Å². The summed E-state index contributed by atoms with van der Waals surface area (Å²) in [6.07, 6.45) is 1.84. The highest BCUT2D eigenvalue weighted by molar-refractivity contribution is 7.71. The Labute approximate surface area is 146 Å². The molecule has 0 saturated carbocycles. The number of hydrogen-bond donors (Lipinski definition) is 1. The van der Waals surface area contributed by atoms with Crippen LogP contribution in [0.3, 0.4) is 0 Å². The summed E-state index contributed by atoms with van der Waals surface area (Å²) < 4.78 is 4.39. The summed E-state index contributed by atoms with van der Waals surface area (Å²) in [5.74, 6) is 0.736. The van der Waals surface area contributed by atoms with Crippen LogP contribution in [0.5, 0.6) is 0 Å². The molecule has 0 aliphatic rings. The first-order valence-corrected chi connectivity index (χ1v) is 8.25. The molecule has 5 nitrogen and oxygen atoms in total. The number of aryl methyl sites for hydroxylation is 3. The largest absolute Gasteiger partial charge is 0.318 e. The lowest BCUT2D eigenvalue weighted by Crippen LogP contribution is -2.03. The molecule has 0 radical (unpaired) electrons. The topological polar surface area (TPSA) is 50.9 Å². The van der Waals surface area contributed by atoms with Crippen LogP contribution in [-0.2, 0) is 0 Å². The van der Waals surface area contributed by atoms with Crippen molar-refractivity contribution >= 4 is 18.4 Å². The minimum absolute atomic E-state index is 0.493. The zero-order valence-electron chi connectivity index (χ0n) is 14.6. The van der Waals surface area contributed by atoms with Crippen LogP contribution in [0.2, 0.25) is 0 Å². The van der Waals surface area contributed by atoms with E-state index < -0.39 is 0 Å². The molecule has 0 aliphatic heterocycles. The van der Waals surface area contributed by atoms with Gasteiger partial charge in [0.25, 0.3) is 0 Å². The maximum atomic E-state index is 5.19. The molecule has 1 N–H and O–H groups in total. The number of aromatic amines is 1. The number of rotatable bonds is 3. The van der Waals surface area contributed by atoms with E-state index in [9.17, 15) is 0 Å². The van der Waals surface area contributed by atoms with Crippen molar-refractivity contribution in [3.05, 3.63) is 62.9 Å². The van der Waals surface area contributed by atoms with Crippen LogP contribution < -0.4 is 0 Å². The van der Waals surface area contributed by atoms with E-state index in [2.05, 4.69) is 71.8 Å². The van der Waals surface area contributed by atoms with E-state index in [-0.39, 0.29) is 0 Å².